The van der Waals surface area contributed by atoms with Crippen molar-refractivity contribution in [2.75, 3.05) is 5.32 Å². The SMILES string of the molecule is Cc1cc(-c2ccccc2)ccc1-c1cc2c(c(C)c1NC(C)(C)C)-c1ccccc1C2(C)C. The number of hydrogen-bond acceptors (Lipinski definition) is 1. The molecule has 0 fully saturated rings. The van der Waals surface area contributed by atoms with E-state index in [1.807, 2.05) is 0 Å². The minimum Gasteiger partial charge on any atom is -0.380 e. The monoisotopic (exact) mass is 445 g/mol. The van der Waals surface area contributed by atoms with Crippen LogP contribution in [0.4, 0.5) is 5.69 Å². The van der Waals surface area contributed by atoms with E-state index >= 15 is 0 Å². The maximum Gasteiger partial charge on any atom is 0.0460 e. The van der Waals surface area contributed by atoms with E-state index in [1.165, 1.54) is 61.3 Å². The van der Waals surface area contributed by atoms with Gasteiger partial charge in [0.15, 0.2) is 0 Å². The van der Waals surface area contributed by atoms with Crippen LogP contribution >= 0.6 is 0 Å². The summed E-state index contributed by atoms with van der Waals surface area (Å²) in [4.78, 5) is 0. The number of aryl methyl sites for hydroxylation is 1. The van der Waals surface area contributed by atoms with Crippen molar-refractivity contribution in [1.29, 1.82) is 0 Å². The Labute approximate surface area is 204 Å². The van der Waals surface area contributed by atoms with Gasteiger partial charge in [-0.15, -0.1) is 0 Å². The molecule has 0 aliphatic heterocycles. The number of benzene rings is 4. The molecule has 1 N–H and O–H groups in total. The molecule has 0 heterocycles. The Bertz CT molecular complexity index is 1380. The molecule has 0 saturated carbocycles. The Morgan fingerprint density at radius 1 is 0.647 bits per heavy atom. The molecule has 0 bridgehead atoms. The van der Waals surface area contributed by atoms with E-state index in [-0.39, 0.29) is 11.0 Å². The summed E-state index contributed by atoms with van der Waals surface area (Å²) >= 11 is 0. The molecule has 0 unspecified atom stereocenters. The van der Waals surface area contributed by atoms with Crippen LogP contribution in [-0.2, 0) is 5.41 Å². The largest absolute Gasteiger partial charge is 0.380 e. The van der Waals surface area contributed by atoms with Gasteiger partial charge in [-0.05, 0) is 90.8 Å². The van der Waals surface area contributed by atoms with Gasteiger partial charge in [0.05, 0.1) is 0 Å². The van der Waals surface area contributed by atoms with Crippen molar-refractivity contribution >= 4 is 5.69 Å². The van der Waals surface area contributed by atoms with Crippen molar-refractivity contribution in [3.8, 4) is 33.4 Å². The van der Waals surface area contributed by atoms with Crippen LogP contribution in [0.3, 0.4) is 0 Å². The number of hydrogen-bond donors (Lipinski definition) is 1. The second-order valence-electron chi connectivity index (χ2n) is 11.3. The summed E-state index contributed by atoms with van der Waals surface area (Å²) < 4.78 is 0. The average Bonchev–Trinajstić information content (AvgIpc) is 3.02. The molecule has 1 nitrogen and oxygen atoms in total. The molecular formula is C33H35N. The zero-order valence-corrected chi connectivity index (χ0v) is 21.5. The normalized spacial score (nSPS) is 14.0. The molecule has 172 valence electrons. The van der Waals surface area contributed by atoms with Crippen molar-refractivity contribution in [1.82, 2.24) is 0 Å². The molecule has 0 radical (unpaired) electrons. The molecule has 5 rings (SSSR count). The molecule has 4 aromatic carbocycles. The molecule has 4 aromatic rings. The van der Waals surface area contributed by atoms with Crippen molar-refractivity contribution in [2.24, 2.45) is 0 Å². The summed E-state index contributed by atoms with van der Waals surface area (Å²) in [7, 11) is 0. The Hall–Kier alpha value is -3.32. The topological polar surface area (TPSA) is 12.0 Å². The highest BCUT2D eigenvalue weighted by Gasteiger charge is 2.38. The molecule has 1 heteroatoms. The highest BCUT2D eigenvalue weighted by molar-refractivity contribution is 5.94. The second-order valence-corrected chi connectivity index (χ2v) is 11.3. The lowest BCUT2D eigenvalue weighted by atomic mass is 9.80. The van der Waals surface area contributed by atoms with Gasteiger partial charge in [0.2, 0.25) is 0 Å². The Balaban J connectivity index is 1.76. The lowest BCUT2D eigenvalue weighted by molar-refractivity contribution is 0.633. The van der Waals surface area contributed by atoms with Gasteiger partial charge in [0.1, 0.15) is 0 Å². The molecular weight excluding hydrogens is 410 g/mol. The quantitative estimate of drug-likeness (QED) is 0.331. The molecule has 1 aliphatic carbocycles. The summed E-state index contributed by atoms with van der Waals surface area (Å²) in [5.74, 6) is 0. The number of anilines is 1. The Kier molecular flexibility index (Phi) is 5.20. The van der Waals surface area contributed by atoms with E-state index in [0.29, 0.717) is 0 Å². The fourth-order valence-corrected chi connectivity index (χ4v) is 5.57. The molecule has 34 heavy (non-hydrogen) atoms. The predicted molar refractivity (Wildman–Crippen MR) is 148 cm³/mol. The van der Waals surface area contributed by atoms with Crippen LogP contribution in [0.5, 0.6) is 0 Å². The number of fused-ring (bicyclic) bond motifs is 3. The van der Waals surface area contributed by atoms with E-state index in [4.69, 9.17) is 0 Å². The third-order valence-electron chi connectivity index (χ3n) is 7.24. The van der Waals surface area contributed by atoms with E-state index in [0.717, 1.165) is 0 Å². The predicted octanol–water partition coefficient (Wildman–Crippen LogP) is 9.15. The third-order valence-corrected chi connectivity index (χ3v) is 7.24. The summed E-state index contributed by atoms with van der Waals surface area (Å²) in [5, 5.41) is 3.88. The minimum atomic E-state index is -0.0424. The lowest BCUT2D eigenvalue weighted by Crippen LogP contribution is -2.27. The van der Waals surface area contributed by atoms with Crippen LogP contribution in [0.25, 0.3) is 33.4 Å². The minimum absolute atomic E-state index is 0.0242. The molecule has 0 saturated heterocycles. The average molecular weight is 446 g/mol. The first-order valence-corrected chi connectivity index (χ1v) is 12.3. The number of rotatable bonds is 3. The van der Waals surface area contributed by atoms with E-state index < -0.39 is 0 Å². The van der Waals surface area contributed by atoms with Gasteiger partial charge < -0.3 is 5.32 Å². The van der Waals surface area contributed by atoms with Crippen LogP contribution < -0.4 is 5.32 Å². The van der Waals surface area contributed by atoms with Gasteiger partial charge in [0.25, 0.3) is 0 Å². The van der Waals surface area contributed by atoms with Crippen molar-refractivity contribution in [3.05, 3.63) is 101 Å². The molecule has 1 aliphatic rings. The summed E-state index contributed by atoms with van der Waals surface area (Å²) in [6.07, 6.45) is 0. The van der Waals surface area contributed by atoms with Crippen LogP contribution in [0.2, 0.25) is 0 Å². The first-order chi connectivity index (χ1) is 16.1. The first-order valence-electron chi connectivity index (χ1n) is 12.3. The van der Waals surface area contributed by atoms with Crippen LogP contribution in [0.1, 0.15) is 56.9 Å². The van der Waals surface area contributed by atoms with Gasteiger partial charge in [-0.3, -0.25) is 0 Å². The maximum absolute atomic E-state index is 3.88. The van der Waals surface area contributed by atoms with Crippen LogP contribution in [0.15, 0.2) is 78.9 Å². The van der Waals surface area contributed by atoms with E-state index in [1.54, 1.807) is 0 Å². The fourth-order valence-electron chi connectivity index (χ4n) is 5.57. The standard InChI is InChI=1S/C33H35N/c1-21-19-24(23-13-9-8-10-14-23)17-18-25(21)27-20-29-30(22(2)31(27)34-32(3,4)5)26-15-11-12-16-28(26)33(29,6)7/h8-20,34H,1-7H3. The molecule has 0 spiro atoms. The summed E-state index contributed by atoms with van der Waals surface area (Å²) in [6, 6.07) is 28.9. The van der Waals surface area contributed by atoms with Gasteiger partial charge in [-0.2, -0.15) is 0 Å². The lowest BCUT2D eigenvalue weighted by Gasteiger charge is -2.29. The van der Waals surface area contributed by atoms with Crippen LogP contribution in [0, 0.1) is 13.8 Å². The number of nitrogens with one attached hydrogen (secondary N) is 1. The van der Waals surface area contributed by atoms with Crippen molar-refractivity contribution in [2.45, 2.75) is 59.4 Å². The van der Waals surface area contributed by atoms with Gasteiger partial charge in [0, 0.05) is 22.2 Å². The summed E-state index contributed by atoms with van der Waals surface area (Å²) in [6.45, 7) is 16.0. The van der Waals surface area contributed by atoms with Crippen LogP contribution in [-0.4, -0.2) is 5.54 Å². The Morgan fingerprint density at radius 2 is 1.32 bits per heavy atom. The smallest absolute Gasteiger partial charge is 0.0460 e. The Morgan fingerprint density at radius 3 is 2.00 bits per heavy atom. The van der Waals surface area contributed by atoms with E-state index in [9.17, 15) is 0 Å². The molecule has 0 amide bonds. The second kappa shape index (κ2) is 7.87. The van der Waals surface area contributed by atoms with Gasteiger partial charge in [-0.1, -0.05) is 86.6 Å². The fraction of sp³-hybridized carbons (Fsp3) is 0.273. The highest BCUT2D eigenvalue weighted by atomic mass is 15.0. The third kappa shape index (κ3) is 3.64. The molecule has 0 atom stereocenters. The zero-order chi connectivity index (χ0) is 24.3. The van der Waals surface area contributed by atoms with Crippen molar-refractivity contribution in [3.63, 3.8) is 0 Å². The molecule has 0 aromatic heterocycles. The van der Waals surface area contributed by atoms with E-state index in [2.05, 4.69) is 133 Å². The zero-order valence-electron chi connectivity index (χ0n) is 21.5. The van der Waals surface area contributed by atoms with Gasteiger partial charge >= 0.3 is 0 Å². The highest BCUT2D eigenvalue weighted by Crippen LogP contribution is 2.53. The van der Waals surface area contributed by atoms with Gasteiger partial charge in [-0.25, -0.2) is 0 Å². The summed E-state index contributed by atoms with van der Waals surface area (Å²) in [5.41, 5.74) is 14.5. The maximum atomic E-state index is 3.88. The first kappa shape index (κ1) is 22.5. The van der Waals surface area contributed by atoms with Crippen molar-refractivity contribution < 1.29 is 0 Å².